The molecule has 0 saturated carbocycles. The summed E-state index contributed by atoms with van der Waals surface area (Å²) in [5.41, 5.74) is 4.02. The summed E-state index contributed by atoms with van der Waals surface area (Å²) in [6.45, 7) is 7.98. The van der Waals surface area contributed by atoms with Crippen LogP contribution >= 0.6 is 0 Å². The molecule has 0 aromatic heterocycles. The molecule has 0 amide bonds. The molecule has 0 aliphatic carbocycles. The Bertz CT molecular complexity index is 319. The number of aryl methyl sites for hydroxylation is 1. The summed E-state index contributed by atoms with van der Waals surface area (Å²) < 4.78 is 0. The van der Waals surface area contributed by atoms with Gasteiger partial charge in [-0.05, 0) is 37.0 Å². The summed E-state index contributed by atoms with van der Waals surface area (Å²) in [5.74, 6) is 0. The Morgan fingerprint density at radius 3 is 2.62 bits per heavy atom. The minimum absolute atomic E-state index is 0.993. The van der Waals surface area contributed by atoms with Crippen LogP contribution in [-0.2, 0) is 6.42 Å². The first-order valence-electron chi connectivity index (χ1n) is 4.60. The van der Waals surface area contributed by atoms with E-state index in [0.717, 1.165) is 6.42 Å². The minimum Gasteiger partial charge on any atom is -0.0988 e. The van der Waals surface area contributed by atoms with E-state index in [4.69, 9.17) is 0 Å². The van der Waals surface area contributed by atoms with Gasteiger partial charge in [-0.3, -0.25) is 0 Å². The monoisotopic (exact) mass is 172 g/mol. The number of allylic oxidation sites excluding steroid dienone is 3. The summed E-state index contributed by atoms with van der Waals surface area (Å²) in [7, 11) is 0. The molecule has 0 heteroatoms. The Kier molecular flexibility index (Phi) is 3.51. The van der Waals surface area contributed by atoms with Crippen LogP contribution in [0.5, 0.6) is 0 Å². The molecule has 1 rings (SSSR count). The van der Waals surface area contributed by atoms with Crippen LogP contribution in [0.4, 0.5) is 0 Å². The van der Waals surface area contributed by atoms with Crippen molar-refractivity contribution < 1.29 is 0 Å². The summed E-state index contributed by atoms with van der Waals surface area (Å²) in [6, 6.07) is 8.47. The van der Waals surface area contributed by atoms with Crippen molar-refractivity contribution in [1.29, 1.82) is 0 Å². The molecule has 1 aromatic carbocycles. The standard InChI is InChI=1S/C13H16/c1-4-12(5-2)10-13-9-7-6-8-11(13)3/h4-9H,1,10H2,2-3H3/b12-5+. The van der Waals surface area contributed by atoms with Crippen LogP contribution in [0.15, 0.2) is 48.6 Å². The zero-order valence-corrected chi connectivity index (χ0v) is 8.38. The van der Waals surface area contributed by atoms with E-state index in [1.807, 2.05) is 6.08 Å². The fourth-order valence-corrected chi connectivity index (χ4v) is 1.32. The lowest BCUT2D eigenvalue weighted by Gasteiger charge is -2.05. The van der Waals surface area contributed by atoms with Crippen molar-refractivity contribution in [2.75, 3.05) is 0 Å². The molecule has 1 aromatic rings. The number of benzene rings is 1. The predicted molar refractivity (Wildman–Crippen MR) is 58.8 cm³/mol. The zero-order chi connectivity index (χ0) is 9.68. The van der Waals surface area contributed by atoms with Gasteiger partial charge in [0, 0.05) is 0 Å². The van der Waals surface area contributed by atoms with Crippen molar-refractivity contribution in [1.82, 2.24) is 0 Å². The van der Waals surface area contributed by atoms with Crippen molar-refractivity contribution in [2.45, 2.75) is 20.3 Å². The fraction of sp³-hybridized carbons (Fsp3) is 0.231. The van der Waals surface area contributed by atoms with Crippen molar-refractivity contribution in [3.05, 3.63) is 59.7 Å². The molecule has 0 aliphatic rings. The molecule has 0 atom stereocenters. The maximum Gasteiger partial charge on any atom is -0.00266 e. The van der Waals surface area contributed by atoms with Crippen molar-refractivity contribution in [3.63, 3.8) is 0 Å². The average molecular weight is 172 g/mol. The third-order valence-corrected chi connectivity index (χ3v) is 2.29. The summed E-state index contributed by atoms with van der Waals surface area (Å²) in [4.78, 5) is 0. The molecule has 0 nitrogen and oxygen atoms in total. The van der Waals surface area contributed by atoms with E-state index in [9.17, 15) is 0 Å². The van der Waals surface area contributed by atoms with Crippen molar-refractivity contribution in [2.24, 2.45) is 0 Å². The smallest absolute Gasteiger partial charge is 0.00266 e. The highest BCUT2D eigenvalue weighted by Gasteiger charge is 1.97. The second-order valence-corrected chi connectivity index (χ2v) is 3.17. The van der Waals surface area contributed by atoms with E-state index in [1.54, 1.807) is 0 Å². The van der Waals surface area contributed by atoms with Crippen LogP contribution in [0.2, 0.25) is 0 Å². The molecule has 0 heterocycles. The van der Waals surface area contributed by atoms with Gasteiger partial charge in [0.2, 0.25) is 0 Å². The Hall–Kier alpha value is -1.30. The van der Waals surface area contributed by atoms with Gasteiger partial charge in [-0.25, -0.2) is 0 Å². The van der Waals surface area contributed by atoms with E-state index < -0.39 is 0 Å². The molecule has 13 heavy (non-hydrogen) atoms. The number of hydrogen-bond donors (Lipinski definition) is 0. The quantitative estimate of drug-likeness (QED) is 0.610. The first-order chi connectivity index (χ1) is 6.27. The largest absolute Gasteiger partial charge is 0.0988 e. The Balaban J connectivity index is 2.85. The lowest BCUT2D eigenvalue weighted by Crippen LogP contribution is -1.90. The molecule has 0 fully saturated rings. The maximum absolute atomic E-state index is 3.79. The average Bonchev–Trinajstić information content (AvgIpc) is 2.17. The molecule has 0 unspecified atom stereocenters. The SMILES string of the molecule is C=C/C(=C\C)Cc1ccccc1C. The normalized spacial score (nSPS) is 11.4. The van der Waals surface area contributed by atoms with E-state index in [1.165, 1.54) is 16.7 Å². The first kappa shape index (κ1) is 9.79. The Labute approximate surface area is 80.6 Å². The van der Waals surface area contributed by atoms with Gasteiger partial charge in [0.15, 0.2) is 0 Å². The second-order valence-electron chi connectivity index (χ2n) is 3.17. The third-order valence-electron chi connectivity index (χ3n) is 2.29. The number of rotatable bonds is 3. The summed E-state index contributed by atoms with van der Waals surface area (Å²) in [6.07, 6.45) is 5.03. The van der Waals surface area contributed by atoms with E-state index in [0.29, 0.717) is 0 Å². The minimum atomic E-state index is 0.993. The molecule has 0 bridgehead atoms. The van der Waals surface area contributed by atoms with E-state index in [-0.39, 0.29) is 0 Å². The molecule has 0 aliphatic heterocycles. The van der Waals surface area contributed by atoms with Gasteiger partial charge in [-0.15, -0.1) is 0 Å². The molecule has 0 saturated heterocycles. The van der Waals surface area contributed by atoms with Gasteiger partial charge < -0.3 is 0 Å². The molecule has 68 valence electrons. The van der Waals surface area contributed by atoms with E-state index in [2.05, 4.69) is 50.8 Å². The highest BCUT2D eigenvalue weighted by Crippen LogP contribution is 2.12. The lowest BCUT2D eigenvalue weighted by molar-refractivity contribution is 1.15. The van der Waals surface area contributed by atoms with Gasteiger partial charge in [-0.1, -0.05) is 43.0 Å². The molecular weight excluding hydrogens is 156 g/mol. The van der Waals surface area contributed by atoms with Gasteiger partial charge in [0.1, 0.15) is 0 Å². The predicted octanol–water partition coefficient (Wildman–Crippen LogP) is 3.67. The first-order valence-corrected chi connectivity index (χ1v) is 4.60. The van der Waals surface area contributed by atoms with Crippen LogP contribution in [0.3, 0.4) is 0 Å². The van der Waals surface area contributed by atoms with E-state index >= 15 is 0 Å². The summed E-state index contributed by atoms with van der Waals surface area (Å²) >= 11 is 0. The Morgan fingerprint density at radius 1 is 1.38 bits per heavy atom. The molecular formula is C13H16. The van der Waals surface area contributed by atoms with Crippen LogP contribution in [0.25, 0.3) is 0 Å². The molecule has 0 radical (unpaired) electrons. The van der Waals surface area contributed by atoms with Crippen molar-refractivity contribution >= 4 is 0 Å². The van der Waals surface area contributed by atoms with Crippen LogP contribution in [0.1, 0.15) is 18.1 Å². The third kappa shape index (κ3) is 2.59. The van der Waals surface area contributed by atoms with Crippen molar-refractivity contribution in [3.8, 4) is 0 Å². The maximum atomic E-state index is 3.79. The highest BCUT2D eigenvalue weighted by atomic mass is 14.0. The fourth-order valence-electron chi connectivity index (χ4n) is 1.32. The van der Waals surface area contributed by atoms with Crippen LogP contribution in [0, 0.1) is 6.92 Å². The second kappa shape index (κ2) is 4.66. The highest BCUT2D eigenvalue weighted by molar-refractivity contribution is 5.32. The topological polar surface area (TPSA) is 0 Å². The van der Waals surface area contributed by atoms with Crippen LogP contribution in [-0.4, -0.2) is 0 Å². The summed E-state index contributed by atoms with van der Waals surface area (Å²) in [5, 5.41) is 0. The van der Waals surface area contributed by atoms with Gasteiger partial charge >= 0.3 is 0 Å². The van der Waals surface area contributed by atoms with Gasteiger partial charge in [-0.2, -0.15) is 0 Å². The van der Waals surface area contributed by atoms with Gasteiger partial charge in [0.05, 0.1) is 0 Å². The zero-order valence-electron chi connectivity index (χ0n) is 8.38. The van der Waals surface area contributed by atoms with Gasteiger partial charge in [0.25, 0.3) is 0 Å². The Morgan fingerprint density at radius 2 is 2.08 bits per heavy atom. The molecule has 0 N–H and O–H groups in total. The lowest BCUT2D eigenvalue weighted by atomic mass is 10.0. The molecule has 0 spiro atoms. The number of hydrogen-bond acceptors (Lipinski definition) is 0. The van der Waals surface area contributed by atoms with Crippen LogP contribution < -0.4 is 0 Å².